The Morgan fingerprint density at radius 1 is 1.21 bits per heavy atom. The van der Waals surface area contributed by atoms with Crippen molar-refractivity contribution in [2.24, 2.45) is 5.92 Å². The summed E-state index contributed by atoms with van der Waals surface area (Å²) in [5.41, 5.74) is 1.93. The van der Waals surface area contributed by atoms with Crippen molar-refractivity contribution >= 4 is 40.5 Å². The van der Waals surface area contributed by atoms with Crippen LogP contribution in [0.4, 0.5) is 21.6 Å². The molecule has 3 amide bonds. The number of nitrogens with one attached hydrogen (secondary N) is 3. The molecular weight excluding hydrogens is 438 g/mol. The molecule has 0 bridgehead atoms. The Bertz CT molecular complexity index is 1130. The van der Waals surface area contributed by atoms with E-state index in [-0.39, 0.29) is 11.4 Å². The number of hydrogen-bond donors (Lipinski definition) is 3. The van der Waals surface area contributed by atoms with Crippen molar-refractivity contribution in [1.29, 1.82) is 0 Å². The van der Waals surface area contributed by atoms with Crippen LogP contribution in [0.2, 0.25) is 0 Å². The first-order valence-electron chi connectivity index (χ1n) is 11.1. The van der Waals surface area contributed by atoms with Gasteiger partial charge in [-0.2, -0.15) is 5.10 Å². The molecule has 0 aliphatic heterocycles. The van der Waals surface area contributed by atoms with Gasteiger partial charge in [0.05, 0.1) is 5.69 Å². The van der Waals surface area contributed by atoms with E-state index in [2.05, 4.69) is 46.7 Å². The molecule has 1 aliphatic rings. The van der Waals surface area contributed by atoms with E-state index in [9.17, 15) is 9.59 Å². The van der Waals surface area contributed by atoms with Gasteiger partial charge in [0, 0.05) is 35.3 Å². The average molecular weight is 468 g/mol. The lowest BCUT2D eigenvalue weighted by atomic mass is 9.92. The van der Waals surface area contributed by atoms with Gasteiger partial charge in [0.25, 0.3) is 0 Å². The highest BCUT2D eigenvalue weighted by atomic mass is 32.1. The first kappa shape index (κ1) is 22.9. The number of carbonyl (C=O) groups is 2. The van der Waals surface area contributed by atoms with Crippen molar-refractivity contribution in [2.45, 2.75) is 58.4 Å². The van der Waals surface area contributed by atoms with Gasteiger partial charge in [0.2, 0.25) is 6.41 Å². The number of aryl methyl sites for hydroxylation is 2. The fraction of sp³-hybridized carbons (Fsp3) is 0.435. The molecule has 0 spiro atoms. The normalized spacial score (nSPS) is 13.5. The fourth-order valence-corrected chi connectivity index (χ4v) is 4.14. The Labute approximate surface area is 197 Å². The minimum Gasteiger partial charge on any atom is -0.313 e. The first-order chi connectivity index (χ1) is 15.8. The molecule has 0 radical (unpaired) electrons. The van der Waals surface area contributed by atoms with E-state index < -0.39 is 0 Å². The van der Waals surface area contributed by atoms with Crippen LogP contribution in [0.5, 0.6) is 0 Å². The molecule has 3 N–H and O–H groups in total. The number of thiazole rings is 1. The van der Waals surface area contributed by atoms with E-state index in [0.717, 1.165) is 35.5 Å². The minimum atomic E-state index is -0.327. The smallest absolute Gasteiger partial charge is 0.313 e. The number of amides is 3. The molecule has 0 saturated heterocycles. The Hall–Kier alpha value is -3.27. The lowest BCUT2D eigenvalue weighted by molar-refractivity contribution is -0.105. The molecule has 1 fully saturated rings. The van der Waals surface area contributed by atoms with Crippen LogP contribution in [0.15, 0.2) is 30.6 Å². The lowest BCUT2D eigenvalue weighted by Gasteiger charge is -2.14. The zero-order valence-electron chi connectivity index (χ0n) is 19.1. The number of pyridine rings is 1. The van der Waals surface area contributed by atoms with Gasteiger partial charge in [0.15, 0.2) is 5.13 Å². The van der Waals surface area contributed by atoms with E-state index in [1.54, 1.807) is 12.4 Å². The summed E-state index contributed by atoms with van der Waals surface area (Å²) in [6, 6.07) is 5.39. The van der Waals surface area contributed by atoms with Gasteiger partial charge in [-0.1, -0.05) is 20.8 Å². The molecule has 0 aromatic carbocycles. The number of anilines is 3. The zero-order valence-corrected chi connectivity index (χ0v) is 19.9. The summed E-state index contributed by atoms with van der Waals surface area (Å²) in [6.07, 6.45) is 8.04. The van der Waals surface area contributed by atoms with Gasteiger partial charge in [0.1, 0.15) is 11.6 Å². The van der Waals surface area contributed by atoms with Crippen molar-refractivity contribution in [3.05, 3.63) is 46.7 Å². The van der Waals surface area contributed by atoms with E-state index in [1.807, 2.05) is 22.9 Å². The highest BCUT2D eigenvalue weighted by Crippen LogP contribution is 2.33. The van der Waals surface area contributed by atoms with E-state index in [1.165, 1.54) is 24.2 Å². The van der Waals surface area contributed by atoms with Crippen LogP contribution >= 0.6 is 11.3 Å². The molecule has 0 unspecified atom stereocenters. The van der Waals surface area contributed by atoms with Gasteiger partial charge in [-0.25, -0.2) is 19.4 Å². The van der Waals surface area contributed by atoms with E-state index in [4.69, 9.17) is 5.10 Å². The van der Waals surface area contributed by atoms with Crippen LogP contribution in [-0.4, -0.2) is 32.2 Å². The Morgan fingerprint density at radius 2 is 2.03 bits per heavy atom. The second-order valence-electron chi connectivity index (χ2n) is 9.31. The van der Waals surface area contributed by atoms with Gasteiger partial charge >= 0.3 is 6.03 Å². The van der Waals surface area contributed by atoms with Gasteiger partial charge in [-0.05, 0) is 49.3 Å². The molecule has 9 nitrogen and oxygen atoms in total. The highest BCUT2D eigenvalue weighted by molar-refractivity contribution is 7.15. The monoisotopic (exact) mass is 467 g/mol. The average Bonchev–Trinajstić information content (AvgIpc) is 3.31. The third kappa shape index (κ3) is 6.38. The number of urea groups is 1. The molecule has 1 aliphatic carbocycles. The van der Waals surface area contributed by atoms with Crippen LogP contribution in [0.3, 0.4) is 0 Å². The van der Waals surface area contributed by atoms with Crippen molar-refractivity contribution < 1.29 is 9.59 Å². The molecule has 0 atom stereocenters. The van der Waals surface area contributed by atoms with E-state index >= 15 is 0 Å². The maximum Gasteiger partial charge on any atom is 0.326 e. The Morgan fingerprint density at radius 3 is 2.76 bits per heavy atom. The van der Waals surface area contributed by atoms with Gasteiger partial charge in [-0.3, -0.25) is 15.4 Å². The Balaban J connectivity index is 1.34. The van der Waals surface area contributed by atoms with Crippen molar-refractivity contribution in [1.82, 2.24) is 19.7 Å². The van der Waals surface area contributed by atoms with Crippen molar-refractivity contribution in [2.75, 3.05) is 16.0 Å². The predicted octanol–water partition coefficient (Wildman–Crippen LogP) is 4.44. The molecule has 33 heavy (non-hydrogen) atoms. The topological polar surface area (TPSA) is 114 Å². The van der Waals surface area contributed by atoms with E-state index in [0.29, 0.717) is 29.1 Å². The van der Waals surface area contributed by atoms with Crippen LogP contribution in [0, 0.1) is 5.92 Å². The highest BCUT2D eigenvalue weighted by Gasteiger charge is 2.26. The summed E-state index contributed by atoms with van der Waals surface area (Å²) >= 11 is 1.45. The number of aromatic nitrogens is 4. The molecule has 4 rings (SSSR count). The fourth-order valence-electron chi connectivity index (χ4n) is 3.33. The van der Waals surface area contributed by atoms with Crippen LogP contribution in [-0.2, 0) is 29.6 Å². The number of nitrogens with zero attached hydrogens (tertiary/aromatic N) is 4. The predicted molar refractivity (Wildman–Crippen MR) is 130 cm³/mol. The molecule has 3 heterocycles. The summed E-state index contributed by atoms with van der Waals surface area (Å²) in [4.78, 5) is 32.7. The second-order valence-corrected chi connectivity index (χ2v) is 10.4. The molecule has 174 valence electrons. The molecule has 3 aromatic rings. The summed E-state index contributed by atoms with van der Waals surface area (Å²) < 4.78 is 1.91. The number of carbonyl (C=O) groups excluding carboxylic acids is 2. The van der Waals surface area contributed by atoms with Gasteiger partial charge in [-0.15, -0.1) is 11.3 Å². The molecular formula is C23H29N7O2S. The summed E-state index contributed by atoms with van der Waals surface area (Å²) in [5.74, 6) is 1.88. The quantitative estimate of drug-likeness (QED) is 0.403. The lowest BCUT2D eigenvalue weighted by Crippen LogP contribution is -2.21. The maximum absolute atomic E-state index is 12.6. The summed E-state index contributed by atoms with van der Waals surface area (Å²) in [6.45, 7) is 7.17. The first-order valence-corrected chi connectivity index (χ1v) is 11.9. The maximum atomic E-state index is 12.6. The second kappa shape index (κ2) is 9.70. The summed E-state index contributed by atoms with van der Waals surface area (Å²) in [7, 11) is 0. The van der Waals surface area contributed by atoms with Crippen LogP contribution in [0.25, 0.3) is 0 Å². The SMILES string of the molecule is CC(C)(C)c1cc(NC(=O)Nc2ncc(CCc3ccnc(NC=O)c3)s2)n(CC2CC2)n1. The standard InChI is InChI=1S/C23H29N7O2S/c1-23(2,3)18-11-20(30(29-18)13-16-4-5-16)27-21(32)28-22-25-12-17(33-22)7-6-15-8-9-24-19(10-15)26-14-31/h8-12,14,16H,4-7,13H2,1-3H3,(H,24,26,31)(H2,25,27,28,32). The third-order valence-electron chi connectivity index (χ3n) is 5.38. The van der Waals surface area contributed by atoms with Crippen molar-refractivity contribution in [3.8, 4) is 0 Å². The molecule has 1 saturated carbocycles. The number of hydrogen-bond acceptors (Lipinski definition) is 6. The Kier molecular flexibility index (Phi) is 6.73. The number of rotatable bonds is 9. The van der Waals surface area contributed by atoms with Gasteiger partial charge < -0.3 is 5.32 Å². The summed E-state index contributed by atoms with van der Waals surface area (Å²) in [5, 5.41) is 13.6. The molecule has 3 aromatic heterocycles. The largest absolute Gasteiger partial charge is 0.326 e. The third-order valence-corrected chi connectivity index (χ3v) is 6.36. The van der Waals surface area contributed by atoms with Crippen LogP contribution < -0.4 is 16.0 Å². The molecule has 10 heteroatoms. The minimum absolute atomic E-state index is 0.0925. The van der Waals surface area contributed by atoms with Crippen molar-refractivity contribution in [3.63, 3.8) is 0 Å². The zero-order chi connectivity index (χ0) is 23.4. The van der Waals surface area contributed by atoms with Crippen LogP contribution in [0.1, 0.15) is 49.7 Å².